The molecule has 0 saturated heterocycles. The highest BCUT2D eigenvalue weighted by Crippen LogP contribution is 2.22. The van der Waals surface area contributed by atoms with E-state index in [9.17, 15) is 9.90 Å². The van der Waals surface area contributed by atoms with Crippen LogP contribution in [0.3, 0.4) is 0 Å². The number of nitrogens with one attached hydrogen (secondary N) is 1. The quantitative estimate of drug-likeness (QED) is 0.319. The summed E-state index contributed by atoms with van der Waals surface area (Å²) in [5, 5.41) is 11.3. The number of carbonyl (C=O) groups is 1. The number of amides is 1. The van der Waals surface area contributed by atoms with Crippen LogP contribution in [0.5, 0.6) is 0 Å². The molecule has 3 rings (SSSR count). The van der Waals surface area contributed by atoms with Gasteiger partial charge in [-0.2, -0.15) is 0 Å². The van der Waals surface area contributed by atoms with Gasteiger partial charge in [-0.1, -0.05) is 31.5 Å². The summed E-state index contributed by atoms with van der Waals surface area (Å²) in [5.74, 6) is 1.27. The van der Waals surface area contributed by atoms with Gasteiger partial charge in [0.2, 0.25) is 0 Å². The molecule has 0 aliphatic heterocycles. The number of aromatic nitrogens is 2. The molecule has 0 saturated carbocycles. The first kappa shape index (κ1) is 23.4. The first-order valence-corrected chi connectivity index (χ1v) is 10.5. The second kappa shape index (κ2) is 11.4. The maximum atomic E-state index is 11.3. The van der Waals surface area contributed by atoms with Crippen LogP contribution < -0.4 is 5.73 Å². The number of rotatable bonds is 9. The Balaban J connectivity index is 0.00000320. The maximum Gasteiger partial charge on any atom is 0.407 e. The van der Waals surface area contributed by atoms with Crippen LogP contribution in [-0.4, -0.2) is 45.0 Å². The third-order valence-electron chi connectivity index (χ3n) is 4.49. The molecule has 0 radical (unpaired) electrons. The number of imidazole rings is 1. The lowest BCUT2D eigenvalue weighted by molar-refractivity contribution is 0.145. The van der Waals surface area contributed by atoms with Gasteiger partial charge >= 0.3 is 6.09 Å². The van der Waals surface area contributed by atoms with Crippen LogP contribution >= 0.6 is 23.7 Å². The molecule has 0 spiro atoms. The largest absolute Gasteiger partial charge is 0.465 e. The molecule has 7 nitrogen and oxygen atoms in total. The number of aliphatic imine (C=N–C) groups is 1. The van der Waals surface area contributed by atoms with Crippen LogP contribution in [0.2, 0.25) is 0 Å². The summed E-state index contributed by atoms with van der Waals surface area (Å²) in [7, 11) is 0. The fraction of sp³-hybridized carbons (Fsp3) is 0.286. The van der Waals surface area contributed by atoms with Gasteiger partial charge < -0.3 is 20.7 Å². The van der Waals surface area contributed by atoms with E-state index < -0.39 is 6.09 Å². The predicted octanol–water partition coefficient (Wildman–Crippen LogP) is 4.92. The van der Waals surface area contributed by atoms with E-state index >= 15 is 0 Å². The van der Waals surface area contributed by atoms with Gasteiger partial charge in [-0.3, -0.25) is 0 Å². The van der Waals surface area contributed by atoms with E-state index in [1.54, 1.807) is 11.3 Å². The molecule has 0 aliphatic carbocycles. The van der Waals surface area contributed by atoms with Gasteiger partial charge in [-0.05, 0) is 30.0 Å². The first-order chi connectivity index (χ1) is 14.1. The summed E-state index contributed by atoms with van der Waals surface area (Å²) in [6.45, 7) is 3.03. The van der Waals surface area contributed by atoms with Crippen molar-refractivity contribution in [3.05, 3.63) is 58.7 Å². The Labute approximate surface area is 186 Å². The highest BCUT2D eigenvalue weighted by Gasteiger charge is 2.12. The zero-order valence-electron chi connectivity index (χ0n) is 16.7. The first-order valence-electron chi connectivity index (χ1n) is 9.57. The standard InChI is InChI=1S/C21H25N5O2S.ClH/c1-2-3-11-26(21(27)28)12-10-19-23-14-17(25-19)15-6-8-16(9-7-15)24-20(22)18-5-4-13-29-18;/h4-9,13-14H,2-3,10-12H2,1H3,(H2,22,24)(H,23,25)(H,27,28);1H. The molecule has 4 N–H and O–H groups in total. The Bertz CT molecular complexity index is 954. The predicted molar refractivity (Wildman–Crippen MR) is 124 cm³/mol. The van der Waals surface area contributed by atoms with Crippen LogP contribution in [0.4, 0.5) is 10.5 Å². The van der Waals surface area contributed by atoms with Gasteiger partial charge in [0.25, 0.3) is 0 Å². The van der Waals surface area contributed by atoms with Gasteiger partial charge in [0.1, 0.15) is 11.7 Å². The highest BCUT2D eigenvalue weighted by molar-refractivity contribution is 7.12. The molecule has 9 heteroatoms. The third kappa shape index (κ3) is 6.33. The Morgan fingerprint density at radius 2 is 2.03 bits per heavy atom. The van der Waals surface area contributed by atoms with Crippen molar-refractivity contribution >= 4 is 41.4 Å². The normalized spacial score (nSPS) is 11.2. The van der Waals surface area contributed by atoms with E-state index in [0.29, 0.717) is 25.3 Å². The van der Waals surface area contributed by atoms with E-state index in [1.807, 2.05) is 54.9 Å². The summed E-state index contributed by atoms with van der Waals surface area (Å²) in [6.07, 6.45) is 3.33. The van der Waals surface area contributed by atoms with Crippen LogP contribution in [0, 0.1) is 0 Å². The van der Waals surface area contributed by atoms with E-state index in [0.717, 1.165) is 40.5 Å². The molecule has 0 bridgehead atoms. The molecule has 1 amide bonds. The molecule has 0 aliphatic rings. The Morgan fingerprint density at radius 3 is 2.67 bits per heavy atom. The number of nitrogens with two attached hydrogens (primary N) is 1. The number of amidine groups is 1. The van der Waals surface area contributed by atoms with E-state index in [2.05, 4.69) is 15.0 Å². The zero-order chi connectivity index (χ0) is 20.6. The number of benzene rings is 1. The Morgan fingerprint density at radius 1 is 1.27 bits per heavy atom. The van der Waals surface area contributed by atoms with Crippen molar-refractivity contribution in [3.8, 4) is 11.3 Å². The van der Waals surface area contributed by atoms with Gasteiger partial charge in [-0.15, -0.1) is 23.7 Å². The minimum Gasteiger partial charge on any atom is -0.465 e. The van der Waals surface area contributed by atoms with Crippen LogP contribution in [0.25, 0.3) is 11.3 Å². The van der Waals surface area contributed by atoms with Crippen molar-refractivity contribution in [1.82, 2.24) is 14.9 Å². The van der Waals surface area contributed by atoms with Crippen molar-refractivity contribution < 1.29 is 9.90 Å². The van der Waals surface area contributed by atoms with Crippen molar-refractivity contribution in [3.63, 3.8) is 0 Å². The van der Waals surface area contributed by atoms with Gasteiger partial charge in [0.15, 0.2) is 0 Å². The van der Waals surface area contributed by atoms with Gasteiger partial charge in [-0.25, -0.2) is 14.8 Å². The lowest BCUT2D eigenvalue weighted by Crippen LogP contribution is -2.32. The van der Waals surface area contributed by atoms with Crippen LogP contribution in [0.1, 0.15) is 30.5 Å². The molecular weight excluding hydrogens is 422 g/mol. The van der Waals surface area contributed by atoms with Gasteiger partial charge in [0, 0.05) is 31.3 Å². The molecule has 0 atom stereocenters. The van der Waals surface area contributed by atoms with E-state index in [4.69, 9.17) is 5.73 Å². The summed E-state index contributed by atoms with van der Waals surface area (Å²) < 4.78 is 0. The maximum absolute atomic E-state index is 11.3. The van der Waals surface area contributed by atoms with Crippen molar-refractivity contribution in [2.24, 2.45) is 10.7 Å². The SMILES string of the molecule is CCCCN(CCc1nc(-c2ccc(/N=C(\N)c3cccs3)cc2)c[nH]1)C(=O)O.Cl. The molecule has 2 heterocycles. The number of carboxylic acid groups (broad SMARTS) is 1. The number of nitrogens with zero attached hydrogens (tertiary/aromatic N) is 3. The van der Waals surface area contributed by atoms with Crippen molar-refractivity contribution in [2.75, 3.05) is 13.1 Å². The number of H-pyrrole nitrogens is 1. The molecule has 2 aromatic heterocycles. The summed E-state index contributed by atoms with van der Waals surface area (Å²) in [5.41, 5.74) is 8.59. The van der Waals surface area contributed by atoms with E-state index in [1.165, 1.54) is 4.90 Å². The summed E-state index contributed by atoms with van der Waals surface area (Å²) >= 11 is 1.56. The number of aromatic amines is 1. The van der Waals surface area contributed by atoms with Crippen molar-refractivity contribution in [1.29, 1.82) is 0 Å². The molecule has 3 aromatic rings. The average Bonchev–Trinajstić information content (AvgIpc) is 3.41. The minimum absolute atomic E-state index is 0. The number of hydrogen-bond acceptors (Lipinski definition) is 4. The Hall–Kier alpha value is -2.84. The number of hydrogen-bond donors (Lipinski definition) is 3. The third-order valence-corrected chi connectivity index (χ3v) is 5.38. The second-order valence-corrected chi connectivity index (χ2v) is 7.57. The fourth-order valence-electron chi connectivity index (χ4n) is 2.86. The Kier molecular flexibility index (Phi) is 8.89. The lowest BCUT2D eigenvalue weighted by Gasteiger charge is -2.17. The highest BCUT2D eigenvalue weighted by atomic mass is 35.5. The second-order valence-electron chi connectivity index (χ2n) is 6.63. The summed E-state index contributed by atoms with van der Waals surface area (Å²) in [6, 6.07) is 11.6. The molecular formula is C21H26ClN5O2S. The topological polar surface area (TPSA) is 108 Å². The molecule has 30 heavy (non-hydrogen) atoms. The monoisotopic (exact) mass is 447 g/mol. The molecule has 0 fully saturated rings. The summed E-state index contributed by atoms with van der Waals surface area (Å²) in [4.78, 5) is 25.9. The number of halogens is 1. The minimum atomic E-state index is -0.886. The van der Waals surface area contributed by atoms with Crippen LogP contribution in [0.15, 0.2) is 53.0 Å². The lowest BCUT2D eigenvalue weighted by atomic mass is 10.1. The van der Waals surface area contributed by atoms with E-state index in [-0.39, 0.29) is 12.4 Å². The number of unbranched alkanes of at least 4 members (excludes halogenated alkanes) is 1. The average molecular weight is 448 g/mol. The fourth-order valence-corrected chi connectivity index (χ4v) is 3.48. The number of thiophene rings is 1. The molecule has 1 aromatic carbocycles. The smallest absolute Gasteiger partial charge is 0.407 e. The van der Waals surface area contributed by atoms with Crippen LogP contribution in [-0.2, 0) is 6.42 Å². The van der Waals surface area contributed by atoms with Crippen molar-refractivity contribution in [2.45, 2.75) is 26.2 Å². The van der Waals surface area contributed by atoms with Gasteiger partial charge in [0.05, 0.1) is 16.3 Å². The molecule has 0 unspecified atom stereocenters. The molecule has 160 valence electrons. The zero-order valence-corrected chi connectivity index (χ0v) is 18.4.